The fourth-order valence-electron chi connectivity index (χ4n) is 3.54. The zero-order valence-corrected chi connectivity index (χ0v) is 17.2. The lowest BCUT2D eigenvalue weighted by atomic mass is 9.91. The minimum absolute atomic E-state index is 0.00383. The molecule has 0 radical (unpaired) electrons. The van der Waals surface area contributed by atoms with Gasteiger partial charge in [-0.25, -0.2) is 9.59 Å². The van der Waals surface area contributed by atoms with E-state index >= 15 is 0 Å². The molecule has 2 aliphatic rings. The van der Waals surface area contributed by atoms with E-state index in [-0.39, 0.29) is 46.2 Å². The molecule has 0 spiro atoms. The predicted octanol–water partition coefficient (Wildman–Crippen LogP) is 3.16. The molecule has 2 atom stereocenters. The number of fused-ring (bicyclic) bond motifs is 2. The summed E-state index contributed by atoms with van der Waals surface area (Å²) in [6, 6.07) is 8.88. The van der Waals surface area contributed by atoms with E-state index in [2.05, 4.69) is 0 Å². The number of carbonyl (C=O) groups excluding carboxylic acids is 5. The standard InChI is InChI=1S/C23H18O9/c1-3-15(24)29-22-14-10-6-7-11(17(14)21(28)32-22)19(26)12-8-5-9-13-18(12)23(31-20(13)27)30-16(25)4-2/h5-10,22-23H,3-4H2,1-2H3. The summed E-state index contributed by atoms with van der Waals surface area (Å²) in [7, 11) is 0. The van der Waals surface area contributed by atoms with Crippen LogP contribution < -0.4 is 0 Å². The van der Waals surface area contributed by atoms with E-state index < -0.39 is 42.2 Å². The third-order valence-corrected chi connectivity index (χ3v) is 5.09. The first-order valence-electron chi connectivity index (χ1n) is 9.97. The van der Waals surface area contributed by atoms with Crippen LogP contribution in [0.5, 0.6) is 0 Å². The molecule has 164 valence electrons. The van der Waals surface area contributed by atoms with Gasteiger partial charge in [0.1, 0.15) is 0 Å². The van der Waals surface area contributed by atoms with Gasteiger partial charge in [-0.3, -0.25) is 14.4 Å². The minimum Gasteiger partial charge on any atom is -0.421 e. The Balaban J connectivity index is 1.77. The summed E-state index contributed by atoms with van der Waals surface area (Å²) in [5, 5.41) is 0. The second-order valence-corrected chi connectivity index (χ2v) is 7.03. The van der Waals surface area contributed by atoms with Crippen LogP contribution in [0.3, 0.4) is 0 Å². The third-order valence-electron chi connectivity index (χ3n) is 5.09. The second-order valence-electron chi connectivity index (χ2n) is 7.03. The number of esters is 4. The lowest BCUT2D eigenvalue weighted by Crippen LogP contribution is -2.15. The molecule has 0 fully saturated rings. The molecule has 0 amide bonds. The third kappa shape index (κ3) is 3.51. The molecular weight excluding hydrogens is 420 g/mol. The Morgan fingerprint density at radius 1 is 0.812 bits per heavy atom. The van der Waals surface area contributed by atoms with Crippen molar-refractivity contribution in [3.63, 3.8) is 0 Å². The maximum absolute atomic E-state index is 13.5. The zero-order chi connectivity index (χ0) is 23.0. The van der Waals surface area contributed by atoms with Crippen molar-refractivity contribution in [2.75, 3.05) is 0 Å². The molecule has 0 bridgehead atoms. The lowest BCUT2D eigenvalue weighted by molar-refractivity contribution is -0.168. The van der Waals surface area contributed by atoms with Crippen LogP contribution in [0.2, 0.25) is 0 Å². The van der Waals surface area contributed by atoms with Gasteiger partial charge in [0.15, 0.2) is 5.78 Å². The normalized spacial score (nSPS) is 18.3. The SMILES string of the molecule is CCC(=O)OC1OC(=O)c2c(C(=O)c3cccc4c3C(OC(=O)CC)OC4=O)cccc21. The van der Waals surface area contributed by atoms with Crippen LogP contribution in [0, 0.1) is 0 Å². The van der Waals surface area contributed by atoms with Crippen molar-refractivity contribution in [2.45, 2.75) is 39.3 Å². The van der Waals surface area contributed by atoms with Gasteiger partial charge >= 0.3 is 23.9 Å². The van der Waals surface area contributed by atoms with Crippen molar-refractivity contribution in [1.29, 1.82) is 0 Å². The highest BCUT2D eigenvalue weighted by Gasteiger charge is 2.41. The van der Waals surface area contributed by atoms with E-state index in [0.29, 0.717) is 0 Å². The maximum atomic E-state index is 13.5. The summed E-state index contributed by atoms with van der Waals surface area (Å²) >= 11 is 0. The molecule has 2 aromatic carbocycles. The average Bonchev–Trinajstić information content (AvgIpc) is 3.29. The number of ketones is 1. The quantitative estimate of drug-likeness (QED) is 0.494. The van der Waals surface area contributed by atoms with Gasteiger partial charge in [0.2, 0.25) is 0 Å². The van der Waals surface area contributed by atoms with Crippen molar-refractivity contribution < 1.29 is 42.9 Å². The molecule has 0 N–H and O–H groups in total. The first-order valence-corrected chi connectivity index (χ1v) is 9.97. The minimum atomic E-state index is -1.37. The van der Waals surface area contributed by atoms with Crippen molar-refractivity contribution in [3.05, 3.63) is 69.8 Å². The summed E-state index contributed by atoms with van der Waals surface area (Å²) in [5.74, 6) is -3.32. The van der Waals surface area contributed by atoms with Crippen LogP contribution >= 0.6 is 0 Å². The predicted molar refractivity (Wildman–Crippen MR) is 105 cm³/mol. The Morgan fingerprint density at radius 3 is 2.09 bits per heavy atom. The van der Waals surface area contributed by atoms with Gasteiger partial charge in [-0.1, -0.05) is 44.2 Å². The van der Waals surface area contributed by atoms with E-state index in [1.54, 1.807) is 13.8 Å². The van der Waals surface area contributed by atoms with Gasteiger partial charge in [-0.2, -0.15) is 0 Å². The van der Waals surface area contributed by atoms with Crippen LogP contribution in [0.4, 0.5) is 0 Å². The smallest absolute Gasteiger partial charge is 0.342 e. The highest BCUT2D eigenvalue weighted by atomic mass is 16.7. The van der Waals surface area contributed by atoms with Crippen LogP contribution in [0.25, 0.3) is 0 Å². The van der Waals surface area contributed by atoms with E-state index in [1.165, 1.54) is 36.4 Å². The Labute approximate surface area is 182 Å². The molecule has 9 nitrogen and oxygen atoms in total. The number of ether oxygens (including phenoxy) is 4. The maximum Gasteiger partial charge on any atom is 0.342 e. The first-order chi connectivity index (χ1) is 15.3. The topological polar surface area (TPSA) is 122 Å². The molecule has 9 heteroatoms. The van der Waals surface area contributed by atoms with Crippen molar-refractivity contribution in [2.24, 2.45) is 0 Å². The number of rotatable bonds is 6. The first kappa shape index (κ1) is 21.2. The highest BCUT2D eigenvalue weighted by molar-refractivity contribution is 6.17. The molecule has 2 heterocycles. The van der Waals surface area contributed by atoms with E-state index in [0.717, 1.165) is 0 Å². The van der Waals surface area contributed by atoms with Crippen LogP contribution in [-0.4, -0.2) is 29.7 Å². The number of carbonyl (C=O) groups is 5. The van der Waals surface area contributed by atoms with E-state index in [4.69, 9.17) is 18.9 Å². The van der Waals surface area contributed by atoms with Gasteiger partial charge in [0, 0.05) is 29.5 Å². The summed E-state index contributed by atoms with van der Waals surface area (Å²) in [6.45, 7) is 3.18. The van der Waals surface area contributed by atoms with Crippen LogP contribution in [0.15, 0.2) is 36.4 Å². The number of hydrogen-bond donors (Lipinski definition) is 0. The van der Waals surface area contributed by atoms with Crippen molar-refractivity contribution in [1.82, 2.24) is 0 Å². The number of hydrogen-bond acceptors (Lipinski definition) is 9. The molecule has 4 rings (SSSR count). The van der Waals surface area contributed by atoms with Gasteiger partial charge in [0.05, 0.1) is 16.7 Å². The molecule has 32 heavy (non-hydrogen) atoms. The van der Waals surface area contributed by atoms with Crippen molar-refractivity contribution >= 4 is 29.7 Å². The summed E-state index contributed by atoms with van der Waals surface area (Å²) in [4.78, 5) is 61.7. The highest BCUT2D eigenvalue weighted by Crippen LogP contribution is 2.38. The van der Waals surface area contributed by atoms with Crippen molar-refractivity contribution in [3.8, 4) is 0 Å². The largest absolute Gasteiger partial charge is 0.421 e. The fourth-order valence-corrected chi connectivity index (χ4v) is 3.54. The van der Waals surface area contributed by atoms with Crippen LogP contribution in [0.1, 0.15) is 87.0 Å². The average molecular weight is 438 g/mol. The molecule has 0 aromatic heterocycles. The van der Waals surface area contributed by atoms with Gasteiger partial charge in [-0.05, 0) is 6.07 Å². The molecular formula is C23H18O9. The number of benzene rings is 2. The molecule has 2 unspecified atom stereocenters. The summed E-state index contributed by atoms with van der Waals surface area (Å²) < 4.78 is 20.6. The summed E-state index contributed by atoms with van der Waals surface area (Å²) in [5.41, 5.74) is 0.457. The Morgan fingerprint density at radius 2 is 1.41 bits per heavy atom. The number of cyclic esters (lactones) is 2. The Kier molecular flexibility index (Phi) is 5.48. The lowest BCUT2D eigenvalue weighted by Gasteiger charge is -2.15. The van der Waals surface area contributed by atoms with Gasteiger partial charge < -0.3 is 18.9 Å². The molecule has 2 aliphatic heterocycles. The van der Waals surface area contributed by atoms with Gasteiger partial charge in [-0.15, -0.1) is 0 Å². The molecule has 0 aliphatic carbocycles. The van der Waals surface area contributed by atoms with Gasteiger partial charge in [0.25, 0.3) is 12.6 Å². The fraction of sp³-hybridized carbons (Fsp3) is 0.261. The Bertz CT molecular complexity index is 1160. The molecule has 2 aromatic rings. The Hall–Kier alpha value is -4.01. The summed E-state index contributed by atoms with van der Waals surface area (Å²) in [6.07, 6.45) is -2.48. The molecule has 0 saturated carbocycles. The van der Waals surface area contributed by atoms with Crippen LogP contribution in [-0.2, 0) is 28.5 Å². The zero-order valence-electron chi connectivity index (χ0n) is 17.2. The van der Waals surface area contributed by atoms with E-state index in [1.807, 2.05) is 0 Å². The monoisotopic (exact) mass is 438 g/mol. The second kappa shape index (κ2) is 8.26. The van der Waals surface area contributed by atoms with E-state index in [9.17, 15) is 24.0 Å². The molecule has 0 saturated heterocycles.